The molecule has 0 saturated heterocycles. The molecular weight excluding hydrogens is 448 g/mol. The Bertz CT molecular complexity index is 1310. The summed E-state index contributed by atoms with van der Waals surface area (Å²) in [6.45, 7) is 4.14. The van der Waals surface area contributed by atoms with Gasteiger partial charge in [-0.15, -0.1) is 5.10 Å². The van der Waals surface area contributed by atoms with E-state index in [4.69, 9.17) is 22.1 Å². The summed E-state index contributed by atoms with van der Waals surface area (Å²) in [5, 5.41) is 20.1. The monoisotopic (exact) mass is 466 g/mol. The Morgan fingerprint density at radius 2 is 1.97 bits per heavy atom. The minimum Gasteiger partial charge on any atom is -0.494 e. The Labute approximate surface area is 193 Å². The van der Waals surface area contributed by atoms with Crippen molar-refractivity contribution in [3.63, 3.8) is 0 Å². The lowest BCUT2D eigenvalue weighted by molar-refractivity contribution is 0.0950. The highest BCUT2D eigenvalue weighted by Crippen LogP contribution is 2.28. The molecule has 0 bridgehead atoms. The molecule has 33 heavy (non-hydrogen) atoms. The number of aromatic nitrogens is 5. The van der Waals surface area contributed by atoms with Gasteiger partial charge in [0.2, 0.25) is 11.6 Å². The van der Waals surface area contributed by atoms with Gasteiger partial charge in [-0.25, -0.2) is 10.1 Å². The molecule has 0 aliphatic carbocycles. The molecule has 4 rings (SSSR count). The van der Waals surface area contributed by atoms with Crippen molar-refractivity contribution in [3.05, 3.63) is 64.8 Å². The maximum atomic E-state index is 13.0. The number of hydrogen-bond acceptors (Lipinski definition) is 9. The molecule has 0 fully saturated rings. The van der Waals surface area contributed by atoms with E-state index in [1.54, 1.807) is 43.3 Å². The largest absolute Gasteiger partial charge is 0.494 e. The SMILES string of the molecule is CCOc1ccc(-c2c(C(=O)N/N=C(/C)c3ccccc3Cl)nnn2-c2nonc2N)cc1. The lowest BCUT2D eigenvalue weighted by atomic mass is 10.1. The highest BCUT2D eigenvalue weighted by atomic mass is 35.5. The third kappa shape index (κ3) is 4.53. The molecule has 2 heterocycles. The number of amides is 1. The molecule has 168 valence electrons. The molecule has 0 aliphatic rings. The fraction of sp³-hybridized carbons (Fsp3) is 0.143. The second-order valence-electron chi connectivity index (χ2n) is 6.75. The van der Waals surface area contributed by atoms with Gasteiger partial charge in [-0.05, 0) is 54.5 Å². The number of nitrogens with one attached hydrogen (secondary N) is 1. The summed E-state index contributed by atoms with van der Waals surface area (Å²) in [4.78, 5) is 13.0. The number of nitrogen functional groups attached to an aromatic ring is 1. The summed E-state index contributed by atoms with van der Waals surface area (Å²) in [6.07, 6.45) is 0. The predicted molar refractivity (Wildman–Crippen MR) is 121 cm³/mol. The summed E-state index contributed by atoms with van der Waals surface area (Å²) >= 11 is 6.20. The molecule has 2 aromatic heterocycles. The van der Waals surface area contributed by atoms with Crippen LogP contribution in [0.15, 0.2) is 58.3 Å². The second-order valence-corrected chi connectivity index (χ2v) is 7.15. The molecule has 0 atom stereocenters. The maximum absolute atomic E-state index is 13.0. The number of rotatable bonds is 7. The van der Waals surface area contributed by atoms with Crippen LogP contribution < -0.4 is 15.9 Å². The van der Waals surface area contributed by atoms with Crippen LogP contribution in [0.5, 0.6) is 5.75 Å². The topological polar surface area (TPSA) is 146 Å². The van der Waals surface area contributed by atoms with Crippen LogP contribution in [0, 0.1) is 0 Å². The van der Waals surface area contributed by atoms with Crippen LogP contribution in [0.1, 0.15) is 29.9 Å². The first-order chi connectivity index (χ1) is 16.0. The van der Waals surface area contributed by atoms with E-state index < -0.39 is 5.91 Å². The molecule has 0 unspecified atom stereocenters. The standard InChI is InChI=1S/C21H19ClN8O3/c1-3-32-14-10-8-13(9-11-14)18-17(25-29-30(18)20-19(23)27-33-28-20)21(31)26-24-12(2)15-6-4-5-7-16(15)22/h4-11H,3H2,1-2H3,(H2,23,27)(H,26,31)/b24-12-. The molecule has 3 N–H and O–H groups in total. The zero-order valence-electron chi connectivity index (χ0n) is 17.7. The third-order valence-electron chi connectivity index (χ3n) is 4.61. The van der Waals surface area contributed by atoms with Gasteiger partial charge in [-0.2, -0.15) is 9.78 Å². The van der Waals surface area contributed by atoms with Gasteiger partial charge in [-0.1, -0.05) is 35.0 Å². The Balaban J connectivity index is 1.71. The van der Waals surface area contributed by atoms with Crippen molar-refractivity contribution in [3.8, 4) is 22.8 Å². The van der Waals surface area contributed by atoms with Gasteiger partial charge in [0.05, 0.1) is 12.3 Å². The molecule has 0 saturated carbocycles. The molecule has 2 aromatic carbocycles. The van der Waals surface area contributed by atoms with E-state index in [0.29, 0.717) is 39.9 Å². The molecule has 1 amide bonds. The second kappa shape index (κ2) is 9.49. The van der Waals surface area contributed by atoms with Crippen LogP contribution in [0.25, 0.3) is 17.1 Å². The quantitative estimate of drug-likeness (QED) is 0.312. The lowest BCUT2D eigenvalue weighted by Crippen LogP contribution is -2.21. The fourth-order valence-corrected chi connectivity index (χ4v) is 3.33. The van der Waals surface area contributed by atoms with Crippen molar-refractivity contribution < 1.29 is 14.2 Å². The molecule has 0 spiro atoms. The zero-order chi connectivity index (χ0) is 23.4. The summed E-state index contributed by atoms with van der Waals surface area (Å²) in [7, 11) is 0. The number of carbonyl (C=O) groups excluding carboxylic acids is 1. The van der Waals surface area contributed by atoms with E-state index in [0.717, 1.165) is 0 Å². The number of hydrazone groups is 1. The van der Waals surface area contributed by atoms with Crippen LogP contribution in [-0.2, 0) is 0 Å². The Kier molecular flexibility index (Phi) is 6.31. The van der Waals surface area contributed by atoms with Crippen LogP contribution >= 0.6 is 11.6 Å². The van der Waals surface area contributed by atoms with Crippen LogP contribution in [0.3, 0.4) is 0 Å². The zero-order valence-corrected chi connectivity index (χ0v) is 18.4. The first-order valence-electron chi connectivity index (χ1n) is 9.86. The van der Waals surface area contributed by atoms with Gasteiger partial charge in [0.1, 0.15) is 11.4 Å². The van der Waals surface area contributed by atoms with E-state index >= 15 is 0 Å². The third-order valence-corrected chi connectivity index (χ3v) is 4.94. The lowest BCUT2D eigenvalue weighted by Gasteiger charge is -2.08. The van der Waals surface area contributed by atoms with Crippen molar-refractivity contribution in [2.75, 3.05) is 12.3 Å². The highest BCUT2D eigenvalue weighted by molar-refractivity contribution is 6.34. The minimum atomic E-state index is -0.591. The molecular formula is C21H19ClN8O3. The van der Waals surface area contributed by atoms with Gasteiger partial charge >= 0.3 is 0 Å². The number of hydrogen-bond donors (Lipinski definition) is 2. The van der Waals surface area contributed by atoms with Gasteiger partial charge < -0.3 is 10.5 Å². The van der Waals surface area contributed by atoms with Gasteiger partial charge in [0.15, 0.2) is 5.69 Å². The predicted octanol–water partition coefficient (Wildman–Crippen LogP) is 3.11. The van der Waals surface area contributed by atoms with Crippen molar-refractivity contribution >= 4 is 29.0 Å². The normalized spacial score (nSPS) is 11.4. The van der Waals surface area contributed by atoms with Crippen molar-refractivity contribution in [1.82, 2.24) is 30.7 Å². The number of nitrogens with zero attached hydrogens (tertiary/aromatic N) is 6. The smallest absolute Gasteiger partial charge is 0.294 e. The molecule has 4 aromatic rings. The Morgan fingerprint density at radius 3 is 2.64 bits per heavy atom. The summed E-state index contributed by atoms with van der Waals surface area (Å²) in [5.74, 6) is 0.174. The van der Waals surface area contributed by atoms with E-state index in [1.165, 1.54) is 4.68 Å². The number of halogens is 1. The van der Waals surface area contributed by atoms with E-state index in [2.05, 4.69) is 35.8 Å². The number of ether oxygens (including phenoxy) is 1. The van der Waals surface area contributed by atoms with Gasteiger partial charge in [-0.3, -0.25) is 4.79 Å². The molecule has 0 radical (unpaired) electrons. The van der Waals surface area contributed by atoms with Crippen LogP contribution in [-0.4, -0.2) is 43.5 Å². The Morgan fingerprint density at radius 1 is 1.21 bits per heavy atom. The van der Waals surface area contributed by atoms with Crippen molar-refractivity contribution in [1.29, 1.82) is 0 Å². The molecule has 0 aliphatic heterocycles. The number of benzene rings is 2. The van der Waals surface area contributed by atoms with E-state index in [-0.39, 0.29) is 17.3 Å². The van der Waals surface area contributed by atoms with Crippen LogP contribution in [0.2, 0.25) is 5.02 Å². The summed E-state index contributed by atoms with van der Waals surface area (Å²) in [6, 6.07) is 14.2. The van der Waals surface area contributed by atoms with E-state index in [9.17, 15) is 4.79 Å². The van der Waals surface area contributed by atoms with Crippen molar-refractivity contribution in [2.24, 2.45) is 5.10 Å². The minimum absolute atomic E-state index is 0.00253. The summed E-state index contributed by atoms with van der Waals surface area (Å²) in [5.41, 5.74) is 10.5. The van der Waals surface area contributed by atoms with Crippen LogP contribution in [0.4, 0.5) is 5.82 Å². The summed E-state index contributed by atoms with van der Waals surface area (Å²) < 4.78 is 11.5. The number of nitrogens with two attached hydrogens (primary N) is 1. The first kappa shape index (κ1) is 22.0. The van der Waals surface area contributed by atoms with Gasteiger partial charge in [0, 0.05) is 16.1 Å². The van der Waals surface area contributed by atoms with Crippen molar-refractivity contribution in [2.45, 2.75) is 13.8 Å². The number of anilines is 1. The maximum Gasteiger partial charge on any atom is 0.294 e. The number of carbonyl (C=O) groups is 1. The Hall–Kier alpha value is -4.25. The first-order valence-corrected chi connectivity index (χ1v) is 10.2. The molecule has 12 heteroatoms. The van der Waals surface area contributed by atoms with Gasteiger partial charge in [0.25, 0.3) is 5.91 Å². The average Bonchev–Trinajstić information content (AvgIpc) is 3.44. The average molecular weight is 467 g/mol. The fourth-order valence-electron chi connectivity index (χ4n) is 3.06. The molecule has 11 nitrogen and oxygen atoms in total. The van der Waals surface area contributed by atoms with E-state index in [1.807, 2.05) is 19.1 Å². The highest BCUT2D eigenvalue weighted by Gasteiger charge is 2.25.